The minimum Gasteiger partial charge on any atom is -0.504 e. The quantitative estimate of drug-likeness (QED) is 0.577. The Bertz CT molecular complexity index is 733. The Morgan fingerprint density at radius 3 is 2.73 bits per heavy atom. The Morgan fingerprint density at radius 2 is 2.05 bits per heavy atom. The van der Waals surface area contributed by atoms with E-state index in [1.54, 1.807) is 30.3 Å². The maximum Gasteiger partial charge on any atom is 0.272 e. The summed E-state index contributed by atoms with van der Waals surface area (Å²) in [4.78, 5) is 12.0. The molecule has 0 aromatic heterocycles. The number of nitrogens with zero attached hydrogens (tertiary/aromatic N) is 1. The second kappa shape index (κ2) is 7.42. The van der Waals surface area contributed by atoms with Crippen molar-refractivity contribution in [2.45, 2.75) is 0 Å². The van der Waals surface area contributed by atoms with Gasteiger partial charge in [-0.25, -0.2) is 5.43 Å². The molecule has 0 aliphatic heterocycles. The summed E-state index contributed by atoms with van der Waals surface area (Å²) in [5.74, 6) is -0.0947. The van der Waals surface area contributed by atoms with Gasteiger partial charge in [-0.05, 0) is 40.2 Å². The fourth-order valence-electron chi connectivity index (χ4n) is 1.71. The van der Waals surface area contributed by atoms with Crippen LogP contribution < -0.4 is 10.2 Å². The first kappa shape index (κ1) is 16.5. The third kappa shape index (κ3) is 3.86. The van der Waals surface area contributed by atoms with Crippen LogP contribution in [0.25, 0.3) is 0 Å². The zero-order valence-corrected chi connectivity index (χ0v) is 14.7. The molecular formula is C15H12Br2N2O3. The molecule has 0 fully saturated rings. The molecular weight excluding hydrogens is 416 g/mol. The second-order valence-corrected chi connectivity index (χ2v) is 5.99. The third-order valence-corrected chi connectivity index (χ3v) is 3.93. The number of rotatable bonds is 4. The van der Waals surface area contributed by atoms with Crippen molar-refractivity contribution in [2.24, 2.45) is 5.10 Å². The first-order valence-electron chi connectivity index (χ1n) is 6.17. The number of carbonyl (C=O) groups excluding carboxylic acids is 1. The van der Waals surface area contributed by atoms with E-state index < -0.39 is 0 Å². The Kier molecular flexibility index (Phi) is 5.57. The molecule has 0 radical (unpaired) electrons. The van der Waals surface area contributed by atoms with Crippen LogP contribution in [0.5, 0.6) is 11.5 Å². The van der Waals surface area contributed by atoms with Crippen molar-refractivity contribution in [3.8, 4) is 11.5 Å². The lowest BCUT2D eigenvalue weighted by molar-refractivity contribution is 0.0954. The fraction of sp³-hybridized carbons (Fsp3) is 0.0667. The Balaban J connectivity index is 2.15. The van der Waals surface area contributed by atoms with Gasteiger partial charge in [0.15, 0.2) is 11.5 Å². The normalized spacial score (nSPS) is 10.7. The smallest absolute Gasteiger partial charge is 0.272 e. The number of hydrogen-bond acceptors (Lipinski definition) is 4. The van der Waals surface area contributed by atoms with Crippen molar-refractivity contribution < 1.29 is 14.6 Å². The number of hydrogen-bond donors (Lipinski definition) is 2. The molecule has 0 aliphatic carbocycles. The lowest BCUT2D eigenvalue weighted by Gasteiger charge is -2.07. The number of carbonyl (C=O) groups is 1. The average Bonchev–Trinajstić information content (AvgIpc) is 2.50. The Morgan fingerprint density at radius 1 is 1.32 bits per heavy atom. The van der Waals surface area contributed by atoms with E-state index in [4.69, 9.17) is 4.74 Å². The molecule has 22 heavy (non-hydrogen) atoms. The van der Waals surface area contributed by atoms with E-state index in [0.29, 0.717) is 21.3 Å². The number of phenols is 1. The molecule has 0 spiro atoms. The summed E-state index contributed by atoms with van der Waals surface area (Å²) in [5.41, 5.74) is 3.29. The molecule has 0 atom stereocenters. The van der Waals surface area contributed by atoms with Gasteiger partial charge in [0.1, 0.15) is 0 Å². The van der Waals surface area contributed by atoms with Crippen molar-refractivity contribution in [1.82, 2.24) is 5.43 Å². The summed E-state index contributed by atoms with van der Waals surface area (Å²) in [6, 6.07) is 10.3. The number of halogens is 2. The predicted molar refractivity (Wildman–Crippen MR) is 91.6 cm³/mol. The maximum atomic E-state index is 12.0. The SMILES string of the molecule is COc1cc(Br)cc(C=NNC(=O)c2ccccc2Br)c1O. The highest BCUT2D eigenvalue weighted by molar-refractivity contribution is 9.10. The largest absolute Gasteiger partial charge is 0.504 e. The minimum absolute atomic E-state index is 0.0513. The summed E-state index contributed by atoms with van der Waals surface area (Å²) < 4.78 is 6.44. The van der Waals surface area contributed by atoms with Crippen LogP contribution in [-0.4, -0.2) is 24.3 Å². The summed E-state index contributed by atoms with van der Waals surface area (Å²) in [5, 5.41) is 13.8. The van der Waals surface area contributed by atoms with Crippen molar-refractivity contribution in [3.63, 3.8) is 0 Å². The predicted octanol–water partition coefficient (Wildman–Crippen LogP) is 3.69. The number of nitrogens with one attached hydrogen (secondary N) is 1. The first-order valence-corrected chi connectivity index (χ1v) is 7.76. The zero-order chi connectivity index (χ0) is 16.1. The Hall–Kier alpha value is -1.86. The maximum absolute atomic E-state index is 12.0. The van der Waals surface area contributed by atoms with Crippen molar-refractivity contribution in [3.05, 3.63) is 56.5 Å². The highest BCUT2D eigenvalue weighted by Crippen LogP contribution is 2.32. The average molecular weight is 428 g/mol. The van der Waals surface area contributed by atoms with E-state index in [0.717, 1.165) is 4.47 Å². The molecule has 0 bridgehead atoms. The molecule has 0 aliphatic rings. The van der Waals surface area contributed by atoms with Crippen molar-refractivity contribution in [1.29, 1.82) is 0 Å². The molecule has 1 amide bonds. The standard InChI is InChI=1S/C15H12Br2N2O3/c1-22-13-7-10(16)6-9(14(13)20)8-18-19-15(21)11-4-2-3-5-12(11)17/h2-8,20H,1H3,(H,19,21). The summed E-state index contributed by atoms with van der Waals surface area (Å²) in [6.45, 7) is 0. The number of benzene rings is 2. The van der Waals surface area contributed by atoms with Gasteiger partial charge in [-0.1, -0.05) is 28.1 Å². The number of aromatic hydroxyl groups is 1. The molecule has 2 rings (SSSR count). The highest BCUT2D eigenvalue weighted by atomic mass is 79.9. The first-order chi connectivity index (χ1) is 10.5. The van der Waals surface area contributed by atoms with Gasteiger partial charge in [0.05, 0.1) is 18.9 Å². The number of methoxy groups -OCH3 is 1. The topological polar surface area (TPSA) is 70.9 Å². The van der Waals surface area contributed by atoms with Crippen molar-refractivity contribution in [2.75, 3.05) is 7.11 Å². The molecule has 0 saturated carbocycles. The molecule has 0 saturated heterocycles. The summed E-state index contributed by atoms with van der Waals surface area (Å²) in [7, 11) is 1.46. The van der Waals surface area contributed by atoms with E-state index in [-0.39, 0.29) is 11.7 Å². The van der Waals surface area contributed by atoms with Gasteiger partial charge in [-0.3, -0.25) is 4.79 Å². The minimum atomic E-state index is -0.356. The van der Waals surface area contributed by atoms with Gasteiger partial charge in [0.2, 0.25) is 0 Å². The monoisotopic (exact) mass is 426 g/mol. The van der Waals surface area contributed by atoms with E-state index in [1.807, 2.05) is 6.07 Å². The summed E-state index contributed by atoms with van der Waals surface area (Å²) >= 11 is 6.61. The fourth-order valence-corrected chi connectivity index (χ4v) is 2.63. The second-order valence-electron chi connectivity index (χ2n) is 4.22. The molecule has 0 heterocycles. The van der Waals surface area contributed by atoms with E-state index in [1.165, 1.54) is 13.3 Å². The zero-order valence-electron chi connectivity index (χ0n) is 11.5. The molecule has 114 valence electrons. The molecule has 2 aromatic carbocycles. The van der Waals surface area contributed by atoms with Crippen LogP contribution in [0.4, 0.5) is 0 Å². The van der Waals surface area contributed by atoms with Crippen LogP contribution in [0.3, 0.4) is 0 Å². The van der Waals surface area contributed by atoms with Crippen LogP contribution in [0.15, 0.2) is 50.4 Å². The van der Waals surface area contributed by atoms with Crippen LogP contribution in [0, 0.1) is 0 Å². The van der Waals surface area contributed by atoms with E-state index >= 15 is 0 Å². The molecule has 5 nitrogen and oxygen atoms in total. The van der Waals surface area contributed by atoms with Crippen molar-refractivity contribution >= 4 is 44.0 Å². The third-order valence-electron chi connectivity index (χ3n) is 2.78. The van der Waals surface area contributed by atoms with Gasteiger partial charge in [-0.2, -0.15) is 5.10 Å². The van der Waals surface area contributed by atoms with Gasteiger partial charge in [0.25, 0.3) is 5.91 Å². The number of amides is 1. The number of ether oxygens (including phenoxy) is 1. The molecule has 7 heteroatoms. The van der Waals surface area contributed by atoms with Crippen LogP contribution in [0.2, 0.25) is 0 Å². The van der Waals surface area contributed by atoms with Gasteiger partial charge < -0.3 is 9.84 Å². The summed E-state index contributed by atoms with van der Waals surface area (Å²) in [6.07, 6.45) is 1.34. The lowest BCUT2D eigenvalue weighted by Crippen LogP contribution is -2.18. The van der Waals surface area contributed by atoms with Crippen LogP contribution in [-0.2, 0) is 0 Å². The Labute approximate surface area is 144 Å². The lowest BCUT2D eigenvalue weighted by atomic mass is 10.2. The van der Waals surface area contributed by atoms with Crippen LogP contribution in [0.1, 0.15) is 15.9 Å². The molecule has 0 unspecified atom stereocenters. The van der Waals surface area contributed by atoms with E-state index in [9.17, 15) is 9.90 Å². The highest BCUT2D eigenvalue weighted by Gasteiger charge is 2.10. The van der Waals surface area contributed by atoms with Crippen LogP contribution >= 0.6 is 31.9 Å². The number of hydrazone groups is 1. The number of phenolic OH excluding ortho intramolecular Hbond substituents is 1. The molecule has 2 N–H and O–H groups in total. The van der Waals surface area contributed by atoms with Gasteiger partial charge in [0, 0.05) is 14.5 Å². The van der Waals surface area contributed by atoms with Gasteiger partial charge in [-0.15, -0.1) is 0 Å². The van der Waals surface area contributed by atoms with Gasteiger partial charge >= 0.3 is 0 Å². The molecule has 2 aromatic rings. The van der Waals surface area contributed by atoms with E-state index in [2.05, 4.69) is 42.4 Å².